The van der Waals surface area contributed by atoms with E-state index in [-0.39, 0.29) is 0 Å². The van der Waals surface area contributed by atoms with Gasteiger partial charge < -0.3 is 9.13 Å². The summed E-state index contributed by atoms with van der Waals surface area (Å²) in [6.45, 7) is 2.34. The summed E-state index contributed by atoms with van der Waals surface area (Å²) in [5.41, 5.74) is 13.1. The van der Waals surface area contributed by atoms with Crippen LogP contribution in [0, 0.1) is 0 Å². The number of aryl methyl sites for hydroxylation is 1. The van der Waals surface area contributed by atoms with Crippen LogP contribution in [0.15, 0.2) is 109 Å². The Morgan fingerprint density at radius 2 is 1.15 bits per heavy atom. The van der Waals surface area contributed by atoms with E-state index in [2.05, 4.69) is 137 Å². The van der Waals surface area contributed by atoms with E-state index in [4.69, 9.17) is 0 Å². The van der Waals surface area contributed by atoms with Crippen LogP contribution in [0.4, 0.5) is 0 Å². The smallest absolute Gasteiger partial charge is 0.0537 e. The molecule has 6 aromatic rings. The Bertz CT molecular complexity index is 1920. The molecule has 8 rings (SSSR count). The Labute approximate surface area is 229 Å². The Kier molecular flexibility index (Phi) is 5.03. The fourth-order valence-electron chi connectivity index (χ4n) is 6.82. The third-order valence-corrected chi connectivity index (χ3v) is 8.65. The zero-order valence-corrected chi connectivity index (χ0v) is 22.1. The zero-order valence-electron chi connectivity index (χ0n) is 22.1. The maximum Gasteiger partial charge on any atom is 0.0537 e. The quantitative estimate of drug-likeness (QED) is 0.228. The summed E-state index contributed by atoms with van der Waals surface area (Å²) in [6, 6.07) is 35.7. The SMILES string of the molecule is CC1CC=Cc2c1c1ccccc1n2-c1ccc(-c2ccc(-n3c4c(c5ccccc53)CCC=C4)cc2)cc1. The molecule has 0 N–H and O–H groups in total. The van der Waals surface area contributed by atoms with E-state index in [0.717, 1.165) is 19.3 Å². The van der Waals surface area contributed by atoms with Crippen molar-refractivity contribution in [1.29, 1.82) is 0 Å². The van der Waals surface area contributed by atoms with E-state index in [1.807, 2.05) is 0 Å². The fraction of sp³-hybridized carbons (Fsp3) is 0.135. The van der Waals surface area contributed by atoms with Crippen molar-refractivity contribution in [3.8, 4) is 22.5 Å². The van der Waals surface area contributed by atoms with E-state index in [1.165, 1.54) is 66.8 Å². The molecular formula is C37H30N2. The number of hydrogen-bond donors (Lipinski definition) is 0. The van der Waals surface area contributed by atoms with Gasteiger partial charge in [0.25, 0.3) is 0 Å². The van der Waals surface area contributed by atoms with Gasteiger partial charge in [0, 0.05) is 33.5 Å². The summed E-state index contributed by atoms with van der Waals surface area (Å²) < 4.78 is 4.85. The van der Waals surface area contributed by atoms with Crippen LogP contribution in [0.3, 0.4) is 0 Å². The Hall–Kier alpha value is -4.56. The van der Waals surface area contributed by atoms with Gasteiger partial charge >= 0.3 is 0 Å². The molecule has 0 aliphatic heterocycles. The monoisotopic (exact) mass is 502 g/mol. The van der Waals surface area contributed by atoms with Gasteiger partial charge in [-0.25, -0.2) is 0 Å². The van der Waals surface area contributed by atoms with Gasteiger partial charge in [-0.05, 0) is 96.0 Å². The number of nitrogens with zero attached hydrogens (tertiary/aromatic N) is 2. The summed E-state index contributed by atoms with van der Waals surface area (Å²) in [7, 11) is 0. The zero-order chi connectivity index (χ0) is 25.9. The van der Waals surface area contributed by atoms with E-state index >= 15 is 0 Å². The first-order valence-electron chi connectivity index (χ1n) is 14.1. The third-order valence-electron chi connectivity index (χ3n) is 8.65. The highest BCUT2D eigenvalue weighted by molar-refractivity contribution is 5.92. The summed E-state index contributed by atoms with van der Waals surface area (Å²) in [6.07, 6.45) is 12.6. The predicted molar refractivity (Wildman–Crippen MR) is 165 cm³/mol. The summed E-state index contributed by atoms with van der Waals surface area (Å²) >= 11 is 0. The minimum Gasteiger partial charge on any atom is -0.310 e. The highest BCUT2D eigenvalue weighted by Crippen LogP contribution is 2.40. The van der Waals surface area contributed by atoms with Crippen LogP contribution in [0.2, 0.25) is 0 Å². The molecule has 0 radical (unpaired) electrons. The molecule has 2 heteroatoms. The van der Waals surface area contributed by atoms with Crippen molar-refractivity contribution < 1.29 is 0 Å². The lowest BCUT2D eigenvalue weighted by Crippen LogP contribution is -2.03. The molecule has 0 fully saturated rings. The highest BCUT2D eigenvalue weighted by Gasteiger charge is 2.23. The average molecular weight is 503 g/mol. The average Bonchev–Trinajstić information content (AvgIpc) is 3.51. The van der Waals surface area contributed by atoms with Crippen molar-refractivity contribution in [3.05, 3.63) is 132 Å². The second-order valence-corrected chi connectivity index (χ2v) is 10.9. The molecule has 0 amide bonds. The Morgan fingerprint density at radius 3 is 1.85 bits per heavy atom. The van der Waals surface area contributed by atoms with Gasteiger partial charge in [-0.3, -0.25) is 0 Å². The van der Waals surface area contributed by atoms with Crippen LogP contribution in [0.1, 0.15) is 48.2 Å². The lowest BCUT2D eigenvalue weighted by atomic mass is 9.91. The Balaban J connectivity index is 1.17. The van der Waals surface area contributed by atoms with Crippen molar-refractivity contribution in [2.45, 2.75) is 32.1 Å². The molecule has 2 aliphatic rings. The molecule has 39 heavy (non-hydrogen) atoms. The van der Waals surface area contributed by atoms with Gasteiger partial charge in [-0.2, -0.15) is 0 Å². The largest absolute Gasteiger partial charge is 0.310 e. The molecule has 188 valence electrons. The van der Waals surface area contributed by atoms with Crippen LogP contribution in [0.5, 0.6) is 0 Å². The number of para-hydroxylation sites is 2. The molecule has 2 aromatic heterocycles. The molecule has 2 nitrogen and oxygen atoms in total. The molecule has 2 aliphatic carbocycles. The minimum absolute atomic E-state index is 0.535. The number of hydrogen-bond acceptors (Lipinski definition) is 0. The summed E-state index contributed by atoms with van der Waals surface area (Å²) in [4.78, 5) is 0. The third kappa shape index (κ3) is 3.41. The van der Waals surface area contributed by atoms with Crippen molar-refractivity contribution in [2.75, 3.05) is 0 Å². The molecule has 0 bridgehead atoms. The number of aromatic nitrogens is 2. The van der Waals surface area contributed by atoms with Crippen LogP contribution < -0.4 is 0 Å². The second-order valence-electron chi connectivity index (χ2n) is 10.9. The van der Waals surface area contributed by atoms with Crippen LogP contribution >= 0.6 is 0 Å². The first-order valence-corrected chi connectivity index (χ1v) is 14.1. The maximum absolute atomic E-state index is 2.43. The van der Waals surface area contributed by atoms with Crippen molar-refractivity contribution in [1.82, 2.24) is 9.13 Å². The number of fused-ring (bicyclic) bond motifs is 6. The van der Waals surface area contributed by atoms with Crippen LogP contribution in [-0.2, 0) is 6.42 Å². The molecule has 2 heterocycles. The van der Waals surface area contributed by atoms with Crippen molar-refractivity contribution in [2.24, 2.45) is 0 Å². The van der Waals surface area contributed by atoms with Crippen molar-refractivity contribution in [3.63, 3.8) is 0 Å². The maximum atomic E-state index is 2.43. The number of rotatable bonds is 3. The van der Waals surface area contributed by atoms with Gasteiger partial charge in [0.2, 0.25) is 0 Å². The summed E-state index contributed by atoms with van der Waals surface area (Å²) in [5, 5.41) is 2.75. The molecule has 0 saturated carbocycles. The normalized spacial score (nSPS) is 16.1. The lowest BCUT2D eigenvalue weighted by molar-refractivity contribution is 0.773. The van der Waals surface area contributed by atoms with Gasteiger partial charge in [-0.1, -0.05) is 79.7 Å². The standard InChI is InChI=1S/C37H30N2/c1-25-9-8-16-36-37(25)32-12-4-7-15-35(32)39(36)29-23-19-27(20-24-29)26-17-21-28(22-18-26)38-33-13-5-2-10-30(33)31-11-3-6-14-34(31)38/h2,4-8,10,12-25H,3,9,11H2,1H3. The molecule has 0 saturated heterocycles. The van der Waals surface area contributed by atoms with Gasteiger partial charge in [0.05, 0.1) is 11.0 Å². The predicted octanol–water partition coefficient (Wildman–Crippen LogP) is 9.72. The molecule has 1 atom stereocenters. The topological polar surface area (TPSA) is 9.86 Å². The molecular weight excluding hydrogens is 472 g/mol. The first-order chi connectivity index (χ1) is 19.3. The second kappa shape index (κ2) is 8.74. The van der Waals surface area contributed by atoms with Crippen LogP contribution in [-0.4, -0.2) is 9.13 Å². The van der Waals surface area contributed by atoms with Crippen LogP contribution in [0.25, 0.3) is 56.5 Å². The van der Waals surface area contributed by atoms with Crippen molar-refractivity contribution >= 4 is 34.0 Å². The molecule has 4 aromatic carbocycles. The molecule has 1 unspecified atom stereocenters. The molecule has 0 spiro atoms. The van der Waals surface area contributed by atoms with E-state index in [0.29, 0.717) is 5.92 Å². The van der Waals surface area contributed by atoms with Gasteiger partial charge in [-0.15, -0.1) is 0 Å². The van der Waals surface area contributed by atoms with Gasteiger partial charge in [0.15, 0.2) is 0 Å². The van der Waals surface area contributed by atoms with Gasteiger partial charge in [0.1, 0.15) is 0 Å². The number of allylic oxidation sites excluding steroid dienone is 2. The van der Waals surface area contributed by atoms with E-state index in [9.17, 15) is 0 Å². The lowest BCUT2D eigenvalue weighted by Gasteiger charge is -2.17. The summed E-state index contributed by atoms with van der Waals surface area (Å²) in [5.74, 6) is 0.535. The highest BCUT2D eigenvalue weighted by atomic mass is 15.0. The van der Waals surface area contributed by atoms with E-state index in [1.54, 1.807) is 0 Å². The first kappa shape index (κ1) is 22.4. The van der Waals surface area contributed by atoms with E-state index < -0.39 is 0 Å². The fourth-order valence-corrected chi connectivity index (χ4v) is 6.82. The number of benzene rings is 4. The minimum atomic E-state index is 0.535. The Morgan fingerprint density at radius 1 is 0.590 bits per heavy atom.